The van der Waals surface area contributed by atoms with Gasteiger partial charge in [0.15, 0.2) is 0 Å². The smallest absolute Gasteiger partial charge is 0.140 e. The molecule has 4 aromatic rings. The van der Waals surface area contributed by atoms with E-state index in [-0.39, 0.29) is 5.82 Å². The molecule has 0 aliphatic heterocycles. The number of imidazole rings is 1. The second kappa shape index (κ2) is 10.4. The number of aromatic nitrogens is 2. The van der Waals surface area contributed by atoms with Crippen LogP contribution in [0.4, 0.5) is 4.39 Å². The van der Waals surface area contributed by atoms with Gasteiger partial charge in [0.1, 0.15) is 11.6 Å². The van der Waals surface area contributed by atoms with E-state index >= 15 is 0 Å². The summed E-state index contributed by atoms with van der Waals surface area (Å²) in [4.78, 5) is 7.42. The van der Waals surface area contributed by atoms with Crippen molar-refractivity contribution in [1.82, 2.24) is 14.5 Å². The molecule has 164 valence electrons. The van der Waals surface area contributed by atoms with Crippen molar-refractivity contribution in [3.8, 4) is 22.6 Å². The molecule has 0 radical (unpaired) electrons. The summed E-state index contributed by atoms with van der Waals surface area (Å²) in [6.45, 7) is 4.72. The zero-order valence-electron chi connectivity index (χ0n) is 18.8. The van der Waals surface area contributed by atoms with Crippen LogP contribution < -0.4 is 0 Å². The first-order valence-corrected chi connectivity index (χ1v) is 11.3. The first-order valence-electron chi connectivity index (χ1n) is 11.3. The van der Waals surface area contributed by atoms with Crippen molar-refractivity contribution in [2.24, 2.45) is 0 Å². The van der Waals surface area contributed by atoms with E-state index in [4.69, 9.17) is 4.98 Å². The van der Waals surface area contributed by atoms with Crippen LogP contribution in [0.15, 0.2) is 84.9 Å². The van der Waals surface area contributed by atoms with Crippen LogP contribution in [0.2, 0.25) is 0 Å². The van der Waals surface area contributed by atoms with E-state index < -0.39 is 0 Å². The summed E-state index contributed by atoms with van der Waals surface area (Å²) in [5, 5.41) is 0. The molecular formula is C28H30FN3. The van der Waals surface area contributed by atoms with Gasteiger partial charge in [-0.05, 0) is 43.3 Å². The van der Waals surface area contributed by atoms with Crippen LogP contribution in [-0.4, -0.2) is 21.5 Å². The fraction of sp³-hybridized carbons (Fsp3) is 0.250. The Hall–Kier alpha value is -3.24. The van der Waals surface area contributed by atoms with Gasteiger partial charge < -0.3 is 4.57 Å². The minimum atomic E-state index is -0.231. The summed E-state index contributed by atoms with van der Waals surface area (Å²) < 4.78 is 16.0. The Labute approximate surface area is 190 Å². The van der Waals surface area contributed by atoms with Gasteiger partial charge in [-0.2, -0.15) is 0 Å². The maximum atomic E-state index is 13.6. The molecule has 0 aliphatic carbocycles. The van der Waals surface area contributed by atoms with Crippen molar-refractivity contribution >= 4 is 0 Å². The molecule has 0 amide bonds. The van der Waals surface area contributed by atoms with Crippen LogP contribution in [0.1, 0.15) is 31.0 Å². The zero-order chi connectivity index (χ0) is 22.3. The Morgan fingerprint density at radius 2 is 1.47 bits per heavy atom. The van der Waals surface area contributed by atoms with Crippen LogP contribution in [0.25, 0.3) is 22.6 Å². The lowest BCUT2D eigenvalue weighted by molar-refractivity contribution is 0.310. The molecule has 32 heavy (non-hydrogen) atoms. The van der Waals surface area contributed by atoms with Gasteiger partial charge in [-0.3, -0.25) is 4.90 Å². The molecule has 1 heterocycles. The Morgan fingerprint density at radius 3 is 2.12 bits per heavy atom. The molecule has 3 aromatic carbocycles. The molecule has 0 unspecified atom stereocenters. The van der Waals surface area contributed by atoms with Crippen molar-refractivity contribution < 1.29 is 4.39 Å². The van der Waals surface area contributed by atoms with Crippen LogP contribution in [0.3, 0.4) is 0 Å². The molecule has 0 saturated heterocycles. The van der Waals surface area contributed by atoms with Crippen LogP contribution in [0, 0.1) is 5.82 Å². The maximum Gasteiger partial charge on any atom is 0.140 e. The molecule has 0 spiro atoms. The highest BCUT2D eigenvalue weighted by atomic mass is 19.1. The monoisotopic (exact) mass is 427 g/mol. The second-order valence-electron chi connectivity index (χ2n) is 8.27. The highest BCUT2D eigenvalue weighted by Crippen LogP contribution is 2.31. The third-order valence-electron chi connectivity index (χ3n) is 5.67. The van der Waals surface area contributed by atoms with E-state index in [0.29, 0.717) is 0 Å². The van der Waals surface area contributed by atoms with Gasteiger partial charge >= 0.3 is 0 Å². The minimum absolute atomic E-state index is 0.231. The maximum absolute atomic E-state index is 13.6. The lowest BCUT2D eigenvalue weighted by atomic mass is 10.1. The van der Waals surface area contributed by atoms with E-state index in [2.05, 4.69) is 59.8 Å². The molecule has 4 rings (SSSR count). The standard InChI is InChI=1S/C28H30FN3/c1-3-4-19-32-26(21-31(2)20-22-11-7-5-8-12-22)27(23-15-17-25(29)18-16-23)30-28(32)24-13-9-6-10-14-24/h5-18H,3-4,19-21H2,1-2H3. The summed E-state index contributed by atoms with van der Waals surface area (Å²) in [5.41, 5.74) is 5.43. The quantitative estimate of drug-likeness (QED) is 0.293. The fourth-order valence-electron chi connectivity index (χ4n) is 4.06. The van der Waals surface area contributed by atoms with Gasteiger partial charge in [-0.25, -0.2) is 9.37 Å². The molecule has 1 aromatic heterocycles. The van der Waals surface area contributed by atoms with Crippen molar-refractivity contribution in [2.45, 2.75) is 39.4 Å². The molecular weight excluding hydrogens is 397 g/mol. The van der Waals surface area contributed by atoms with Crippen molar-refractivity contribution in [3.05, 3.63) is 102 Å². The molecule has 0 saturated carbocycles. The summed E-state index contributed by atoms with van der Waals surface area (Å²) in [5.74, 6) is 0.742. The molecule has 0 aliphatic rings. The normalized spacial score (nSPS) is 11.2. The SMILES string of the molecule is CCCCn1c(-c2ccccc2)nc(-c2ccc(F)cc2)c1CN(C)Cc1ccccc1. The van der Waals surface area contributed by atoms with Gasteiger partial charge in [0.2, 0.25) is 0 Å². The van der Waals surface area contributed by atoms with Gasteiger partial charge in [-0.1, -0.05) is 74.0 Å². The largest absolute Gasteiger partial charge is 0.326 e. The predicted molar refractivity (Wildman–Crippen MR) is 130 cm³/mol. The number of hydrogen-bond donors (Lipinski definition) is 0. The van der Waals surface area contributed by atoms with E-state index in [9.17, 15) is 4.39 Å². The lowest BCUT2D eigenvalue weighted by Gasteiger charge is -2.20. The average Bonchev–Trinajstić information content (AvgIpc) is 3.17. The van der Waals surface area contributed by atoms with E-state index in [1.807, 2.05) is 36.4 Å². The van der Waals surface area contributed by atoms with Gasteiger partial charge in [0.25, 0.3) is 0 Å². The van der Waals surface area contributed by atoms with Gasteiger partial charge in [-0.15, -0.1) is 0 Å². The molecule has 0 fully saturated rings. The van der Waals surface area contributed by atoms with Crippen LogP contribution in [0.5, 0.6) is 0 Å². The summed E-state index contributed by atoms with van der Waals surface area (Å²) in [7, 11) is 2.14. The Kier molecular flexibility index (Phi) is 7.13. The van der Waals surface area contributed by atoms with Gasteiger partial charge in [0, 0.05) is 30.8 Å². The van der Waals surface area contributed by atoms with Crippen LogP contribution in [-0.2, 0) is 19.6 Å². The number of hydrogen-bond acceptors (Lipinski definition) is 2. The highest BCUT2D eigenvalue weighted by Gasteiger charge is 2.20. The van der Waals surface area contributed by atoms with Crippen molar-refractivity contribution in [3.63, 3.8) is 0 Å². The number of nitrogens with zero attached hydrogens (tertiary/aromatic N) is 3. The topological polar surface area (TPSA) is 21.1 Å². The fourth-order valence-corrected chi connectivity index (χ4v) is 4.06. The molecule has 0 atom stereocenters. The summed E-state index contributed by atoms with van der Waals surface area (Å²) in [6.07, 6.45) is 2.19. The second-order valence-corrected chi connectivity index (χ2v) is 8.27. The first kappa shape index (κ1) is 22.0. The highest BCUT2D eigenvalue weighted by molar-refractivity contribution is 5.68. The Morgan fingerprint density at radius 1 is 0.812 bits per heavy atom. The van der Waals surface area contributed by atoms with E-state index in [0.717, 1.165) is 55.1 Å². The number of benzene rings is 3. The van der Waals surface area contributed by atoms with E-state index in [1.165, 1.54) is 23.4 Å². The van der Waals surface area contributed by atoms with Gasteiger partial charge in [0.05, 0.1) is 11.4 Å². The molecule has 0 bridgehead atoms. The molecule has 3 nitrogen and oxygen atoms in total. The Bertz CT molecular complexity index is 1120. The third-order valence-corrected chi connectivity index (χ3v) is 5.67. The predicted octanol–water partition coefficient (Wildman–Crippen LogP) is 6.79. The first-order chi connectivity index (χ1) is 15.7. The number of rotatable bonds is 9. The zero-order valence-corrected chi connectivity index (χ0v) is 18.8. The summed E-state index contributed by atoms with van der Waals surface area (Å²) in [6, 6.07) is 27.5. The summed E-state index contributed by atoms with van der Waals surface area (Å²) >= 11 is 0. The molecule has 4 heteroatoms. The van der Waals surface area contributed by atoms with Crippen molar-refractivity contribution in [1.29, 1.82) is 0 Å². The number of halogens is 1. The third kappa shape index (κ3) is 5.14. The lowest BCUT2D eigenvalue weighted by Crippen LogP contribution is -2.20. The van der Waals surface area contributed by atoms with E-state index in [1.54, 1.807) is 0 Å². The average molecular weight is 428 g/mol. The number of unbranched alkanes of at least 4 members (excludes halogenated alkanes) is 1. The Balaban J connectivity index is 1.78. The molecule has 0 N–H and O–H groups in total. The minimum Gasteiger partial charge on any atom is -0.326 e. The van der Waals surface area contributed by atoms with Crippen LogP contribution >= 0.6 is 0 Å². The van der Waals surface area contributed by atoms with Crippen molar-refractivity contribution in [2.75, 3.05) is 7.05 Å².